The van der Waals surface area contributed by atoms with E-state index in [1.807, 2.05) is 0 Å². The summed E-state index contributed by atoms with van der Waals surface area (Å²) in [5, 5.41) is 6.74. The minimum absolute atomic E-state index is 0.104. The van der Waals surface area contributed by atoms with Gasteiger partial charge in [0.1, 0.15) is 12.2 Å². The summed E-state index contributed by atoms with van der Waals surface area (Å²) in [6.07, 6.45) is 2.63. The summed E-state index contributed by atoms with van der Waals surface area (Å²) in [4.78, 5) is 16.5. The predicted octanol–water partition coefficient (Wildman–Crippen LogP) is -0.491. The average molecular weight is 378 g/mol. The second-order valence-electron chi connectivity index (χ2n) is 6.25. The van der Waals surface area contributed by atoms with Crippen molar-refractivity contribution < 1.29 is 13.2 Å². The zero-order valence-corrected chi connectivity index (χ0v) is 15.3. The summed E-state index contributed by atoms with van der Waals surface area (Å²) >= 11 is 0. The topological polar surface area (TPSA) is 123 Å². The van der Waals surface area contributed by atoms with Crippen molar-refractivity contribution in [3.05, 3.63) is 42.0 Å². The SMILES string of the molecule is Cn1ncnc1CCNC(=O)c1cccc(S(=O)(=O)N2CCC(N)C2)c1. The smallest absolute Gasteiger partial charge is 0.251 e. The number of carbonyl (C=O) groups excluding carboxylic acids is 1. The lowest BCUT2D eigenvalue weighted by Crippen LogP contribution is -2.32. The van der Waals surface area contributed by atoms with Gasteiger partial charge in [-0.15, -0.1) is 0 Å². The van der Waals surface area contributed by atoms with Crippen LogP contribution >= 0.6 is 0 Å². The number of aromatic nitrogens is 3. The lowest BCUT2D eigenvalue weighted by molar-refractivity contribution is 0.0953. The van der Waals surface area contributed by atoms with E-state index >= 15 is 0 Å². The summed E-state index contributed by atoms with van der Waals surface area (Å²) in [7, 11) is -1.86. The van der Waals surface area contributed by atoms with Gasteiger partial charge in [0.25, 0.3) is 5.91 Å². The number of sulfonamides is 1. The Labute approximate surface area is 152 Å². The fraction of sp³-hybridized carbons (Fsp3) is 0.438. The highest BCUT2D eigenvalue weighted by atomic mass is 32.2. The van der Waals surface area contributed by atoms with E-state index < -0.39 is 10.0 Å². The molecule has 140 valence electrons. The van der Waals surface area contributed by atoms with Crippen molar-refractivity contribution in [1.29, 1.82) is 0 Å². The van der Waals surface area contributed by atoms with Crippen LogP contribution < -0.4 is 11.1 Å². The molecular weight excluding hydrogens is 356 g/mol. The normalized spacial score (nSPS) is 18.2. The predicted molar refractivity (Wildman–Crippen MR) is 94.8 cm³/mol. The molecule has 10 heteroatoms. The molecule has 0 spiro atoms. The standard InChI is InChI=1S/C16H22N6O3S/c1-21-15(19-11-20-21)5-7-18-16(23)12-3-2-4-14(9-12)26(24,25)22-8-6-13(17)10-22/h2-4,9,11,13H,5-8,10,17H2,1H3,(H,18,23). The van der Waals surface area contributed by atoms with Crippen molar-refractivity contribution in [2.75, 3.05) is 19.6 Å². The van der Waals surface area contributed by atoms with Crippen molar-refractivity contribution in [1.82, 2.24) is 24.4 Å². The summed E-state index contributed by atoms with van der Waals surface area (Å²) in [6.45, 7) is 1.08. The lowest BCUT2D eigenvalue weighted by Gasteiger charge is -2.16. The molecule has 1 aromatic carbocycles. The Kier molecular flexibility index (Phi) is 5.35. The minimum Gasteiger partial charge on any atom is -0.352 e. The highest BCUT2D eigenvalue weighted by molar-refractivity contribution is 7.89. The first-order valence-electron chi connectivity index (χ1n) is 8.35. The molecule has 0 saturated carbocycles. The maximum Gasteiger partial charge on any atom is 0.251 e. The van der Waals surface area contributed by atoms with Crippen molar-refractivity contribution in [2.45, 2.75) is 23.8 Å². The third kappa shape index (κ3) is 3.92. The van der Waals surface area contributed by atoms with Crippen LogP contribution in [0.1, 0.15) is 22.6 Å². The number of rotatable bonds is 6. The first-order chi connectivity index (χ1) is 12.4. The summed E-state index contributed by atoms with van der Waals surface area (Å²) in [5.41, 5.74) is 6.10. The number of nitrogens with two attached hydrogens (primary N) is 1. The highest BCUT2D eigenvalue weighted by Crippen LogP contribution is 2.21. The maximum atomic E-state index is 12.7. The third-order valence-electron chi connectivity index (χ3n) is 4.36. The molecule has 1 aliphatic heterocycles. The number of hydrogen-bond donors (Lipinski definition) is 2. The first kappa shape index (κ1) is 18.5. The van der Waals surface area contributed by atoms with Gasteiger partial charge in [-0.1, -0.05) is 6.07 Å². The van der Waals surface area contributed by atoms with E-state index in [2.05, 4.69) is 15.4 Å². The van der Waals surface area contributed by atoms with Gasteiger partial charge < -0.3 is 11.1 Å². The van der Waals surface area contributed by atoms with Crippen LogP contribution in [0.15, 0.2) is 35.5 Å². The molecule has 1 saturated heterocycles. The molecule has 0 bridgehead atoms. The molecule has 1 amide bonds. The fourth-order valence-corrected chi connectivity index (χ4v) is 4.41. The minimum atomic E-state index is -3.64. The van der Waals surface area contributed by atoms with Crippen molar-refractivity contribution in [3.8, 4) is 0 Å². The van der Waals surface area contributed by atoms with Gasteiger partial charge in [-0.2, -0.15) is 9.40 Å². The van der Waals surface area contributed by atoms with Crippen molar-refractivity contribution in [3.63, 3.8) is 0 Å². The summed E-state index contributed by atoms with van der Waals surface area (Å²) in [6, 6.07) is 5.91. The second kappa shape index (κ2) is 7.52. The van der Waals surface area contributed by atoms with Crippen LogP contribution in [0.4, 0.5) is 0 Å². The highest BCUT2D eigenvalue weighted by Gasteiger charge is 2.31. The Morgan fingerprint density at radius 3 is 2.88 bits per heavy atom. The van der Waals surface area contributed by atoms with Crippen molar-refractivity contribution >= 4 is 15.9 Å². The van der Waals surface area contributed by atoms with Gasteiger partial charge in [-0.05, 0) is 24.6 Å². The van der Waals surface area contributed by atoms with Crippen LogP contribution in [-0.4, -0.2) is 59.1 Å². The Morgan fingerprint density at radius 1 is 1.42 bits per heavy atom. The van der Waals surface area contributed by atoms with E-state index in [1.165, 1.54) is 22.8 Å². The zero-order chi connectivity index (χ0) is 18.7. The van der Waals surface area contributed by atoms with E-state index in [-0.39, 0.29) is 16.8 Å². The quantitative estimate of drug-likeness (QED) is 0.699. The molecular formula is C16H22N6O3S. The Balaban J connectivity index is 1.66. The first-order valence-corrected chi connectivity index (χ1v) is 9.79. The maximum absolute atomic E-state index is 12.7. The number of aryl methyl sites for hydroxylation is 1. The molecule has 1 fully saturated rings. The molecule has 1 aliphatic rings. The largest absolute Gasteiger partial charge is 0.352 e. The van der Waals surface area contributed by atoms with Crippen LogP contribution in [0.5, 0.6) is 0 Å². The summed E-state index contributed by atoms with van der Waals surface area (Å²) < 4.78 is 28.4. The van der Waals surface area contributed by atoms with Gasteiger partial charge in [-0.3, -0.25) is 9.48 Å². The third-order valence-corrected chi connectivity index (χ3v) is 6.22. The Bertz CT molecular complexity index is 895. The number of nitrogens with zero attached hydrogens (tertiary/aromatic N) is 4. The van der Waals surface area contributed by atoms with E-state index in [0.717, 1.165) is 5.82 Å². The Hall–Kier alpha value is -2.30. The molecule has 2 aromatic rings. The van der Waals surface area contributed by atoms with Crippen LogP contribution in [0.2, 0.25) is 0 Å². The van der Waals surface area contributed by atoms with Crippen molar-refractivity contribution in [2.24, 2.45) is 12.8 Å². The molecule has 0 aliphatic carbocycles. The van der Waals surface area contributed by atoms with Gasteiger partial charge in [0.2, 0.25) is 10.0 Å². The molecule has 3 rings (SSSR count). The molecule has 1 aromatic heterocycles. The molecule has 1 atom stereocenters. The molecule has 2 heterocycles. The molecule has 26 heavy (non-hydrogen) atoms. The van der Waals surface area contributed by atoms with E-state index in [4.69, 9.17) is 5.73 Å². The Morgan fingerprint density at radius 2 is 2.23 bits per heavy atom. The molecule has 9 nitrogen and oxygen atoms in total. The van der Waals surface area contributed by atoms with E-state index in [1.54, 1.807) is 23.9 Å². The average Bonchev–Trinajstić information content (AvgIpc) is 3.24. The van der Waals surface area contributed by atoms with Gasteiger partial charge in [0.15, 0.2) is 0 Å². The van der Waals surface area contributed by atoms with Gasteiger partial charge in [0, 0.05) is 44.7 Å². The molecule has 3 N–H and O–H groups in total. The number of amides is 1. The molecule has 0 radical (unpaired) electrons. The van der Waals surface area contributed by atoms with E-state index in [0.29, 0.717) is 38.0 Å². The van der Waals surface area contributed by atoms with E-state index in [9.17, 15) is 13.2 Å². The second-order valence-corrected chi connectivity index (χ2v) is 8.18. The fourth-order valence-electron chi connectivity index (χ4n) is 2.86. The van der Waals surface area contributed by atoms with Gasteiger partial charge >= 0.3 is 0 Å². The van der Waals surface area contributed by atoms with Crippen LogP contribution in [0, 0.1) is 0 Å². The summed E-state index contributed by atoms with van der Waals surface area (Å²) in [5.74, 6) is 0.425. The molecule has 1 unspecified atom stereocenters. The van der Waals surface area contributed by atoms with Crippen LogP contribution in [-0.2, 0) is 23.5 Å². The number of hydrogen-bond acceptors (Lipinski definition) is 6. The van der Waals surface area contributed by atoms with Crippen LogP contribution in [0.3, 0.4) is 0 Å². The van der Waals surface area contributed by atoms with Crippen LogP contribution in [0.25, 0.3) is 0 Å². The lowest BCUT2D eigenvalue weighted by atomic mass is 10.2. The number of carbonyl (C=O) groups is 1. The monoisotopic (exact) mass is 378 g/mol. The number of benzene rings is 1. The van der Waals surface area contributed by atoms with Gasteiger partial charge in [-0.25, -0.2) is 13.4 Å². The van der Waals surface area contributed by atoms with Gasteiger partial charge in [0.05, 0.1) is 4.90 Å². The number of nitrogens with one attached hydrogen (secondary N) is 1. The zero-order valence-electron chi connectivity index (χ0n) is 14.5.